The maximum absolute atomic E-state index is 13.4. The van der Waals surface area contributed by atoms with Crippen molar-refractivity contribution in [2.75, 3.05) is 37.6 Å². The second kappa shape index (κ2) is 8.00. The second-order valence-corrected chi connectivity index (χ2v) is 9.10. The lowest BCUT2D eigenvalue weighted by Gasteiger charge is -2.33. The van der Waals surface area contributed by atoms with Crippen LogP contribution in [0.4, 0.5) is 5.88 Å². The number of rotatable bonds is 5. The summed E-state index contributed by atoms with van der Waals surface area (Å²) >= 11 is 0. The Morgan fingerprint density at radius 1 is 0.966 bits per heavy atom. The van der Waals surface area contributed by atoms with Gasteiger partial charge in [0.25, 0.3) is 0 Å². The summed E-state index contributed by atoms with van der Waals surface area (Å²) in [5, 5.41) is -0.00998. The van der Waals surface area contributed by atoms with Gasteiger partial charge in [0.1, 0.15) is 0 Å². The molecule has 1 aliphatic rings. The average molecular weight is 412 g/mol. The maximum atomic E-state index is 13.4. The minimum atomic E-state index is -3.79. The van der Waals surface area contributed by atoms with E-state index in [4.69, 9.17) is 4.42 Å². The van der Waals surface area contributed by atoms with Crippen LogP contribution < -0.4 is 4.90 Å². The van der Waals surface area contributed by atoms with Gasteiger partial charge in [0.15, 0.2) is 0 Å². The monoisotopic (exact) mass is 411 g/mol. The highest BCUT2D eigenvalue weighted by molar-refractivity contribution is 7.91. The molecule has 1 fully saturated rings. The summed E-state index contributed by atoms with van der Waals surface area (Å²) in [4.78, 5) is 9.01. The maximum Gasteiger partial charge on any atom is 0.236 e. The van der Waals surface area contributed by atoms with Crippen LogP contribution in [-0.2, 0) is 9.84 Å². The van der Waals surface area contributed by atoms with Gasteiger partial charge >= 0.3 is 0 Å². The van der Waals surface area contributed by atoms with E-state index in [2.05, 4.69) is 16.8 Å². The Hall–Kier alpha value is -2.64. The van der Waals surface area contributed by atoms with Crippen LogP contribution in [0.3, 0.4) is 0 Å². The molecular formula is C22H25N3O3S. The predicted octanol–water partition coefficient (Wildman–Crippen LogP) is 3.62. The molecule has 0 atom stereocenters. The van der Waals surface area contributed by atoms with Gasteiger partial charge in [0, 0.05) is 31.7 Å². The van der Waals surface area contributed by atoms with Crippen LogP contribution in [0.5, 0.6) is 0 Å². The van der Waals surface area contributed by atoms with Crippen molar-refractivity contribution in [3.05, 3.63) is 60.2 Å². The topological polar surface area (TPSA) is 66.7 Å². The zero-order valence-corrected chi connectivity index (χ0v) is 17.5. The molecule has 1 aromatic heterocycles. The van der Waals surface area contributed by atoms with E-state index in [9.17, 15) is 8.42 Å². The number of hydrogen-bond donors (Lipinski definition) is 0. The molecular weight excluding hydrogens is 386 g/mol. The third kappa shape index (κ3) is 3.93. The zero-order chi connectivity index (χ0) is 20.4. The van der Waals surface area contributed by atoms with Crippen LogP contribution in [0, 0.1) is 6.92 Å². The number of sulfone groups is 1. The van der Waals surface area contributed by atoms with Crippen LogP contribution in [0.2, 0.25) is 0 Å². The summed E-state index contributed by atoms with van der Waals surface area (Å²) in [6.07, 6.45) is 0. The van der Waals surface area contributed by atoms with Gasteiger partial charge in [-0.05, 0) is 37.7 Å². The number of piperazine rings is 1. The summed E-state index contributed by atoms with van der Waals surface area (Å²) in [5.41, 5.74) is 1.88. The minimum absolute atomic E-state index is 0.00998. The predicted molar refractivity (Wildman–Crippen MR) is 113 cm³/mol. The molecule has 4 rings (SSSR count). The van der Waals surface area contributed by atoms with E-state index in [1.165, 1.54) is 0 Å². The largest absolute Gasteiger partial charge is 0.419 e. The standard InChI is InChI=1S/C22H25N3O3S/c1-3-24-13-15-25(16-14-24)22-21(29(26,27)19-7-5-4-6-8-19)23-20(28-22)18-11-9-17(2)10-12-18/h4-12H,3,13-16H2,1-2H3. The lowest BCUT2D eigenvalue weighted by molar-refractivity contribution is 0.266. The number of aromatic nitrogens is 1. The number of oxazole rings is 1. The fourth-order valence-corrected chi connectivity index (χ4v) is 4.81. The number of nitrogens with zero attached hydrogens (tertiary/aromatic N) is 3. The van der Waals surface area contributed by atoms with Gasteiger partial charge in [-0.1, -0.05) is 42.8 Å². The van der Waals surface area contributed by atoms with Crippen molar-refractivity contribution in [1.82, 2.24) is 9.88 Å². The first-order valence-electron chi connectivity index (χ1n) is 9.84. The SMILES string of the molecule is CCN1CCN(c2oc(-c3ccc(C)cc3)nc2S(=O)(=O)c2ccccc2)CC1. The lowest BCUT2D eigenvalue weighted by Crippen LogP contribution is -2.46. The van der Waals surface area contributed by atoms with Crippen molar-refractivity contribution >= 4 is 15.7 Å². The molecule has 6 nitrogen and oxygen atoms in total. The molecule has 7 heteroatoms. The highest BCUT2D eigenvalue weighted by atomic mass is 32.2. The highest BCUT2D eigenvalue weighted by Gasteiger charge is 2.32. The van der Waals surface area contributed by atoms with Crippen molar-refractivity contribution < 1.29 is 12.8 Å². The Morgan fingerprint density at radius 2 is 1.62 bits per heavy atom. The van der Waals surface area contributed by atoms with Crippen LogP contribution in [0.1, 0.15) is 12.5 Å². The van der Waals surface area contributed by atoms with Gasteiger partial charge < -0.3 is 14.2 Å². The molecule has 2 aromatic carbocycles. The number of aryl methyl sites for hydroxylation is 1. The van der Waals surface area contributed by atoms with Crippen molar-refractivity contribution in [3.8, 4) is 11.5 Å². The molecule has 0 radical (unpaired) electrons. The fourth-order valence-electron chi connectivity index (χ4n) is 3.47. The van der Waals surface area contributed by atoms with Crippen LogP contribution in [0.25, 0.3) is 11.5 Å². The first-order valence-corrected chi connectivity index (χ1v) is 11.3. The van der Waals surface area contributed by atoms with E-state index in [1.54, 1.807) is 30.3 Å². The first kappa shape index (κ1) is 19.7. The molecule has 0 amide bonds. The number of benzene rings is 2. The molecule has 0 bridgehead atoms. The summed E-state index contributed by atoms with van der Waals surface area (Å²) in [7, 11) is -3.79. The van der Waals surface area contributed by atoms with Gasteiger partial charge in [-0.2, -0.15) is 4.98 Å². The van der Waals surface area contributed by atoms with E-state index in [0.29, 0.717) is 24.9 Å². The van der Waals surface area contributed by atoms with E-state index < -0.39 is 9.84 Å². The molecule has 152 valence electrons. The molecule has 3 aromatic rings. The Labute approximate surface area is 171 Å². The fraction of sp³-hybridized carbons (Fsp3) is 0.318. The van der Waals surface area contributed by atoms with Crippen LogP contribution in [0.15, 0.2) is 68.9 Å². The van der Waals surface area contributed by atoms with Crippen molar-refractivity contribution in [2.24, 2.45) is 0 Å². The zero-order valence-electron chi connectivity index (χ0n) is 16.7. The summed E-state index contributed by atoms with van der Waals surface area (Å²) in [5.74, 6) is 0.660. The third-order valence-corrected chi connectivity index (χ3v) is 6.96. The molecule has 1 aliphatic heterocycles. The van der Waals surface area contributed by atoms with E-state index >= 15 is 0 Å². The first-order chi connectivity index (χ1) is 14.0. The second-order valence-electron chi connectivity index (χ2n) is 7.23. The number of likely N-dealkylation sites (N-methyl/N-ethyl adjacent to an activating group) is 1. The average Bonchev–Trinajstić information content (AvgIpc) is 3.21. The molecule has 2 heterocycles. The van der Waals surface area contributed by atoms with E-state index in [0.717, 1.165) is 30.8 Å². The smallest absolute Gasteiger partial charge is 0.236 e. The van der Waals surface area contributed by atoms with Gasteiger partial charge in [-0.15, -0.1) is 0 Å². The van der Waals surface area contributed by atoms with Gasteiger partial charge in [0.2, 0.25) is 26.6 Å². The molecule has 1 saturated heterocycles. The van der Waals surface area contributed by atoms with Crippen LogP contribution in [-0.4, -0.2) is 51.0 Å². The molecule has 0 unspecified atom stereocenters. The summed E-state index contributed by atoms with van der Waals surface area (Å²) in [6.45, 7) is 8.24. The summed E-state index contributed by atoms with van der Waals surface area (Å²) < 4.78 is 32.8. The Kier molecular flexibility index (Phi) is 5.43. The quantitative estimate of drug-likeness (QED) is 0.639. The van der Waals surface area contributed by atoms with Crippen LogP contribution >= 0.6 is 0 Å². The number of anilines is 1. The highest BCUT2D eigenvalue weighted by Crippen LogP contribution is 2.35. The van der Waals surface area contributed by atoms with E-state index in [1.807, 2.05) is 36.1 Å². The van der Waals surface area contributed by atoms with E-state index in [-0.39, 0.29) is 9.92 Å². The van der Waals surface area contributed by atoms with Gasteiger partial charge in [0.05, 0.1) is 4.90 Å². The third-order valence-electron chi connectivity index (χ3n) is 5.29. The summed E-state index contributed by atoms with van der Waals surface area (Å²) in [6, 6.07) is 16.1. The molecule has 0 saturated carbocycles. The molecule has 29 heavy (non-hydrogen) atoms. The van der Waals surface area contributed by atoms with Crippen molar-refractivity contribution in [3.63, 3.8) is 0 Å². The Balaban J connectivity index is 1.79. The van der Waals surface area contributed by atoms with Gasteiger partial charge in [-0.3, -0.25) is 0 Å². The van der Waals surface area contributed by atoms with Crippen molar-refractivity contribution in [2.45, 2.75) is 23.8 Å². The normalized spacial score (nSPS) is 15.6. The lowest BCUT2D eigenvalue weighted by atomic mass is 10.1. The Bertz CT molecular complexity index is 1070. The van der Waals surface area contributed by atoms with Crippen molar-refractivity contribution in [1.29, 1.82) is 0 Å². The number of hydrogen-bond acceptors (Lipinski definition) is 6. The molecule has 0 spiro atoms. The van der Waals surface area contributed by atoms with Gasteiger partial charge in [-0.25, -0.2) is 8.42 Å². The molecule has 0 aliphatic carbocycles. The Morgan fingerprint density at radius 3 is 2.24 bits per heavy atom. The minimum Gasteiger partial charge on any atom is -0.419 e. The molecule has 0 N–H and O–H groups in total.